The van der Waals surface area contributed by atoms with E-state index in [0.29, 0.717) is 19.5 Å². The summed E-state index contributed by atoms with van der Waals surface area (Å²) in [5, 5.41) is 14.0. The minimum Gasteiger partial charge on any atom is -0.481 e. The molecule has 1 saturated heterocycles. The van der Waals surface area contributed by atoms with E-state index < -0.39 is 17.4 Å². The summed E-state index contributed by atoms with van der Waals surface area (Å²) in [6.07, 6.45) is 5.91. The summed E-state index contributed by atoms with van der Waals surface area (Å²) in [6, 6.07) is 10.8. The van der Waals surface area contributed by atoms with Crippen LogP contribution in [-0.4, -0.2) is 44.8 Å². The number of aromatic nitrogens is 2. The van der Waals surface area contributed by atoms with E-state index >= 15 is 0 Å². The van der Waals surface area contributed by atoms with Crippen LogP contribution in [-0.2, 0) is 9.59 Å². The van der Waals surface area contributed by atoms with Crippen LogP contribution < -0.4 is 0 Å². The number of nitrogens with zero attached hydrogens (tertiary/aromatic N) is 3. The predicted octanol–water partition coefficient (Wildman–Crippen LogP) is 2.19. The number of fused-ring (bicyclic) bond motifs is 1. The van der Waals surface area contributed by atoms with Gasteiger partial charge in [-0.2, -0.15) is 5.10 Å². The number of benzene rings is 1. The maximum Gasteiger partial charge on any atom is 0.311 e. The molecule has 1 amide bonds. The summed E-state index contributed by atoms with van der Waals surface area (Å²) in [5.74, 6) is -0.784. The normalized spacial score (nSPS) is 26.4. The Labute approximate surface area is 146 Å². The molecule has 3 atom stereocenters. The standard InChI is InChI=1S/C19H21N3O3/c23-17(21-12-15-8-4-9-19(15,13-21)18(24)25)16(22-11-5-10-20-22)14-6-2-1-3-7-14/h1-3,5-7,10-11,15-16H,4,8-9,12-13H2,(H,24,25)/t15-,16?,19+/m0/s1. The Kier molecular flexibility index (Phi) is 3.82. The van der Waals surface area contributed by atoms with Crippen molar-refractivity contribution in [2.24, 2.45) is 11.3 Å². The highest BCUT2D eigenvalue weighted by molar-refractivity contribution is 5.86. The third kappa shape index (κ3) is 2.52. The topological polar surface area (TPSA) is 75.4 Å². The van der Waals surface area contributed by atoms with Gasteiger partial charge in [0.1, 0.15) is 0 Å². The van der Waals surface area contributed by atoms with Gasteiger partial charge in [-0.3, -0.25) is 14.3 Å². The number of hydrogen-bond acceptors (Lipinski definition) is 3. The first-order valence-corrected chi connectivity index (χ1v) is 8.68. The van der Waals surface area contributed by atoms with E-state index in [9.17, 15) is 14.7 Å². The van der Waals surface area contributed by atoms with E-state index in [0.717, 1.165) is 18.4 Å². The third-order valence-electron chi connectivity index (χ3n) is 5.75. The van der Waals surface area contributed by atoms with E-state index in [-0.39, 0.29) is 11.8 Å². The number of hydrogen-bond donors (Lipinski definition) is 1. The Balaban J connectivity index is 1.65. The molecule has 0 radical (unpaired) electrons. The largest absolute Gasteiger partial charge is 0.481 e. The Bertz CT molecular complexity index is 774. The van der Waals surface area contributed by atoms with Gasteiger partial charge in [-0.25, -0.2) is 0 Å². The third-order valence-corrected chi connectivity index (χ3v) is 5.75. The molecule has 1 aliphatic carbocycles. The molecule has 6 heteroatoms. The second-order valence-electron chi connectivity index (χ2n) is 7.07. The van der Waals surface area contributed by atoms with Crippen LogP contribution in [0.15, 0.2) is 48.8 Å². The lowest BCUT2D eigenvalue weighted by Gasteiger charge is -2.26. The molecule has 130 valence electrons. The molecule has 25 heavy (non-hydrogen) atoms. The van der Waals surface area contributed by atoms with Gasteiger partial charge < -0.3 is 10.0 Å². The number of rotatable bonds is 4. The molecule has 0 bridgehead atoms. The van der Waals surface area contributed by atoms with Gasteiger partial charge in [-0.1, -0.05) is 36.8 Å². The van der Waals surface area contributed by atoms with Crippen molar-refractivity contribution in [3.63, 3.8) is 0 Å². The van der Waals surface area contributed by atoms with Crippen molar-refractivity contribution in [3.05, 3.63) is 54.4 Å². The van der Waals surface area contributed by atoms with Gasteiger partial charge >= 0.3 is 5.97 Å². The van der Waals surface area contributed by atoms with Crippen molar-refractivity contribution in [1.82, 2.24) is 14.7 Å². The zero-order valence-electron chi connectivity index (χ0n) is 13.9. The van der Waals surface area contributed by atoms with Gasteiger partial charge in [0.2, 0.25) is 0 Å². The number of likely N-dealkylation sites (tertiary alicyclic amines) is 1. The molecule has 2 aliphatic rings. The molecule has 4 rings (SSSR count). The molecule has 1 N–H and O–H groups in total. The SMILES string of the molecule is O=C(C(c1ccccc1)n1cccn1)N1C[C@@H]2CCC[C@@]2(C(=O)O)C1. The number of carboxylic acid groups (broad SMARTS) is 1. The van der Waals surface area contributed by atoms with Crippen LogP contribution in [0, 0.1) is 11.3 Å². The van der Waals surface area contributed by atoms with Crippen molar-refractivity contribution in [2.45, 2.75) is 25.3 Å². The average Bonchev–Trinajstić information content (AvgIpc) is 3.31. The summed E-state index contributed by atoms with van der Waals surface area (Å²) in [7, 11) is 0. The fourth-order valence-electron chi connectivity index (χ4n) is 4.46. The van der Waals surface area contributed by atoms with E-state index in [2.05, 4.69) is 5.10 Å². The van der Waals surface area contributed by atoms with E-state index in [4.69, 9.17) is 0 Å². The maximum absolute atomic E-state index is 13.3. The highest BCUT2D eigenvalue weighted by Crippen LogP contribution is 2.49. The molecule has 0 spiro atoms. The summed E-state index contributed by atoms with van der Waals surface area (Å²) < 4.78 is 1.65. The zero-order chi connectivity index (χ0) is 17.4. The van der Waals surface area contributed by atoms with Crippen molar-refractivity contribution < 1.29 is 14.7 Å². The molecule has 1 unspecified atom stereocenters. The second-order valence-corrected chi connectivity index (χ2v) is 7.07. The second kappa shape index (κ2) is 6.02. The Morgan fingerprint density at radius 3 is 2.68 bits per heavy atom. The quantitative estimate of drug-likeness (QED) is 0.926. The molecule has 2 fully saturated rings. The molecular formula is C19H21N3O3. The fraction of sp³-hybridized carbons (Fsp3) is 0.421. The molecule has 1 aliphatic heterocycles. The fourth-order valence-corrected chi connectivity index (χ4v) is 4.46. The Morgan fingerprint density at radius 2 is 2.04 bits per heavy atom. The number of amides is 1. The first-order valence-electron chi connectivity index (χ1n) is 8.68. The highest BCUT2D eigenvalue weighted by Gasteiger charge is 2.56. The summed E-state index contributed by atoms with van der Waals surface area (Å²) in [4.78, 5) is 26.9. The van der Waals surface area contributed by atoms with Crippen LogP contribution in [0.2, 0.25) is 0 Å². The van der Waals surface area contributed by atoms with Crippen LogP contribution in [0.4, 0.5) is 0 Å². The minimum atomic E-state index is -0.763. The molecule has 2 heterocycles. The molecule has 1 aromatic heterocycles. The molecule has 1 saturated carbocycles. The van der Waals surface area contributed by atoms with Crippen LogP contribution in [0.3, 0.4) is 0 Å². The average molecular weight is 339 g/mol. The Hall–Kier alpha value is -2.63. The van der Waals surface area contributed by atoms with E-state index in [1.807, 2.05) is 30.3 Å². The first-order chi connectivity index (χ1) is 12.1. The lowest BCUT2D eigenvalue weighted by Crippen LogP contribution is -2.40. The van der Waals surface area contributed by atoms with E-state index in [1.165, 1.54) is 0 Å². The van der Waals surface area contributed by atoms with Gasteiger partial charge in [0.25, 0.3) is 5.91 Å². The number of carbonyl (C=O) groups excluding carboxylic acids is 1. The van der Waals surface area contributed by atoms with Gasteiger partial charge in [-0.15, -0.1) is 0 Å². The number of aliphatic carboxylic acids is 1. The number of carbonyl (C=O) groups is 2. The van der Waals surface area contributed by atoms with Crippen LogP contribution in [0.5, 0.6) is 0 Å². The summed E-state index contributed by atoms with van der Waals surface area (Å²) >= 11 is 0. The highest BCUT2D eigenvalue weighted by atomic mass is 16.4. The summed E-state index contributed by atoms with van der Waals surface area (Å²) in [6.45, 7) is 0.826. The lowest BCUT2D eigenvalue weighted by molar-refractivity contribution is -0.149. The van der Waals surface area contributed by atoms with Crippen LogP contribution in [0.1, 0.15) is 30.9 Å². The van der Waals surface area contributed by atoms with Crippen molar-refractivity contribution >= 4 is 11.9 Å². The van der Waals surface area contributed by atoms with Gasteiger partial charge in [-0.05, 0) is 30.4 Å². The molecule has 6 nitrogen and oxygen atoms in total. The predicted molar refractivity (Wildman–Crippen MR) is 90.8 cm³/mol. The maximum atomic E-state index is 13.3. The monoisotopic (exact) mass is 339 g/mol. The smallest absolute Gasteiger partial charge is 0.311 e. The van der Waals surface area contributed by atoms with Crippen molar-refractivity contribution in [1.29, 1.82) is 0 Å². The van der Waals surface area contributed by atoms with Gasteiger partial charge in [0.05, 0.1) is 5.41 Å². The minimum absolute atomic E-state index is 0.0583. The van der Waals surface area contributed by atoms with Gasteiger partial charge in [0.15, 0.2) is 6.04 Å². The zero-order valence-corrected chi connectivity index (χ0v) is 13.9. The van der Waals surface area contributed by atoms with Crippen molar-refractivity contribution in [2.75, 3.05) is 13.1 Å². The summed E-state index contributed by atoms with van der Waals surface area (Å²) in [5.41, 5.74) is 0.0960. The van der Waals surface area contributed by atoms with Crippen molar-refractivity contribution in [3.8, 4) is 0 Å². The lowest BCUT2D eigenvalue weighted by atomic mass is 9.81. The van der Waals surface area contributed by atoms with Gasteiger partial charge in [0, 0.05) is 25.5 Å². The Morgan fingerprint density at radius 1 is 1.24 bits per heavy atom. The molecular weight excluding hydrogens is 318 g/mol. The molecule has 2 aromatic rings. The first kappa shape index (κ1) is 15.9. The molecule has 1 aromatic carbocycles. The van der Waals surface area contributed by atoms with Crippen LogP contribution in [0.25, 0.3) is 0 Å². The van der Waals surface area contributed by atoms with Crippen LogP contribution >= 0.6 is 0 Å². The van der Waals surface area contributed by atoms with E-state index in [1.54, 1.807) is 28.0 Å². The number of carboxylic acids is 1.